The number of sulfonamides is 1. The lowest BCUT2D eigenvalue weighted by Crippen LogP contribution is -2.38. The Labute approximate surface area is 222 Å². The third-order valence-electron chi connectivity index (χ3n) is 5.90. The molecule has 3 aromatic rings. The van der Waals surface area contributed by atoms with Gasteiger partial charge in [0.2, 0.25) is 5.91 Å². The van der Waals surface area contributed by atoms with Crippen LogP contribution in [-0.2, 0) is 19.6 Å². The minimum Gasteiger partial charge on any atom is -0.492 e. The van der Waals surface area contributed by atoms with Crippen LogP contribution in [0.2, 0.25) is 0 Å². The number of hydrogen-bond acceptors (Lipinski definition) is 7. The number of amides is 1. The van der Waals surface area contributed by atoms with Crippen LogP contribution in [0.5, 0.6) is 5.75 Å². The molecule has 1 aliphatic heterocycles. The number of ether oxygens (including phenoxy) is 2. The topological polar surface area (TPSA) is 88.2 Å². The fraction of sp³-hybridized carbons (Fsp3) is 0.296. The van der Waals surface area contributed by atoms with Gasteiger partial charge in [0, 0.05) is 29.4 Å². The van der Waals surface area contributed by atoms with Crippen molar-refractivity contribution in [2.45, 2.75) is 16.7 Å². The van der Waals surface area contributed by atoms with Crippen molar-refractivity contribution in [1.82, 2.24) is 0 Å². The summed E-state index contributed by atoms with van der Waals surface area (Å²) in [6.07, 6.45) is 1.92. The molecule has 10 heteroatoms. The van der Waals surface area contributed by atoms with Gasteiger partial charge in [-0.1, -0.05) is 12.1 Å². The second-order valence-electron chi connectivity index (χ2n) is 8.28. The van der Waals surface area contributed by atoms with E-state index in [4.69, 9.17) is 9.47 Å². The van der Waals surface area contributed by atoms with Crippen LogP contribution in [0.4, 0.5) is 17.1 Å². The molecule has 1 heterocycles. The molecule has 8 nitrogen and oxygen atoms in total. The van der Waals surface area contributed by atoms with Gasteiger partial charge in [-0.15, -0.1) is 11.8 Å². The van der Waals surface area contributed by atoms with E-state index in [1.54, 1.807) is 48.5 Å². The number of morpholine rings is 1. The number of para-hydroxylation sites is 2. The number of hydrogen-bond donors (Lipinski definition) is 1. The largest absolute Gasteiger partial charge is 0.492 e. The van der Waals surface area contributed by atoms with E-state index in [1.807, 2.05) is 37.4 Å². The highest BCUT2D eigenvalue weighted by atomic mass is 32.2. The molecular weight excluding hydrogens is 510 g/mol. The van der Waals surface area contributed by atoms with Gasteiger partial charge in [0.05, 0.1) is 30.4 Å². The van der Waals surface area contributed by atoms with Crippen molar-refractivity contribution < 1.29 is 22.7 Å². The zero-order valence-electron chi connectivity index (χ0n) is 20.9. The van der Waals surface area contributed by atoms with Gasteiger partial charge < -0.3 is 19.7 Å². The lowest BCUT2D eigenvalue weighted by molar-refractivity contribution is -0.114. The van der Waals surface area contributed by atoms with Gasteiger partial charge in [0.15, 0.2) is 0 Å². The summed E-state index contributed by atoms with van der Waals surface area (Å²) in [6, 6.07) is 20.9. The predicted octanol–water partition coefficient (Wildman–Crippen LogP) is 4.48. The van der Waals surface area contributed by atoms with Crippen LogP contribution in [0.15, 0.2) is 82.6 Å². The molecule has 1 fully saturated rings. The van der Waals surface area contributed by atoms with E-state index in [9.17, 15) is 13.2 Å². The molecule has 3 aromatic carbocycles. The van der Waals surface area contributed by atoms with E-state index < -0.39 is 22.5 Å². The van der Waals surface area contributed by atoms with Crippen molar-refractivity contribution in [1.29, 1.82) is 0 Å². The maximum absolute atomic E-state index is 13.8. The minimum atomic E-state index is -4.06. The van der Waals surface area contributed by atoms with Crippen molar-refractivity contribution in [3.05, 3.63) is 72.8 Å². The number of carbonyl (C=O) groups excluding carboxylic acids is 1. The van der Waals surface area contributed by atoms with Crippen LogP contribution in [0.1, 0.15) is 6.92 Å². The second-order valence-corrected chi connectivity index (χ2v) is 11.0. The van der Waals surface area contributed by atoms with Crippen LogP contribution in [-0.4, -0.2) is 60.0 Å². The molecule has 1 aliphatic rings. The number of thioether (sulfide) groups is 1. The average Bonchev–Trinajstić information content (AvgIpc) is 2.93. The summed E-state index contributed by atoms with van der Waals surface area (Å²) in [5.41, 5.74) is 1.93. The second kappa shape index (κ2) is 12.4. The van der Waals surface area contributed by atoms with Gasteiger partial charge in [0.1, 0.15) is 12.3 Å². The molecule has 0 unspecified atom stereocenters. The fourth-order valence-corrected chi connectivity index (χ4v) is 5.86. The first-order valence-electron chi connectivity index (χ1n) is 12.0. The molecule has 0 aliphatic carbocycles. The summed E-state index contributed by atoms with van der Waals surface area (Å²) in [5.74, 6) is -0.0771. The summed E-state index contributed by atoms with van der Waals surface area (Å²) < 4.78 is 39.7. The standard InChI is InChI=1S/C27H31N3O5S2/c1-3-35-26-7-5-4-6-25(26)30(37(32,33)24-14-12-23(36-2)13-15-24)20-27(31)28-21-8-10-22(11-9-21)29-16-18-34-19-17-29/h4-15H,3,16-20H2,1-2H3,(H,28,31). The Morgan fingerprint density at radius 1 is 1.03 bits per heavy atom. The number of nitrogens with one attached hydrogen (secondary N) is 1. The van der Waals surface area contributed by atoms with Crippen molar-refractivity contribution in [2.75, 3.05) is 60.2 Å². The first kappa shape index (κ1) is 26.8. The van der Waals surface area contributed by atoms with Gasteiger partial charge in [0.25, 0.3) is 10.0 Å². The Morgan fingerprint density at radius 2 is 1.70 bits per heavy atom. The van der Waals surface area contributed by atoms with E-state index >= 15 is 0 Å². The summed E-state index contributed by atoms with van der Waals surface area (Å²) in [7, 11) is -4.06. The summed E-state index contributed by atoms with van der Waals surface area (Å²) >= 11 is 1.52. The first-order valence-corrected chi connectivity index (χ1v) is 14.7. The van der Waals surface area contributed by atoms with Crippen molar-refractivity contribution in [3.63, 3.8) is 0 Å². The van der Waals surface area contributed by atoms with E-state index in [1.165, 1.54) is 11.8 Å². The summed E-state index contributed by atoms with van der Waals surface area (Å²) in [6.45, 7) is 4.77. The first-order chi connectivity index (χ1) is 17.9. The fourth-order valence-electron chi connectivity index (χ4n) is 4.02. The number of carbonyl (C=O) groups is 1. The molecule has 0 atom stereocenters. The smallest absolute Gasteiger partial charge is 0.264 e. The van der Waals surface area contributed by atoms with Gasteiger partial charge in [-0.25, -0.2) is 8.42 Å². The zero-order chi connectivity index (χ0) is 26.3. The molecule has 0 saturated carbocycles. The van der Waals surface area contributed by atoms with Crippen LogP contribution in [0, 0.1) is 0 Å². The van der Waals surface area contributed by atoms with Crippen molar-refractivity contribution in [2.24, 2.45) is 0 Å². The highest BCUT2D eigenvalue weighted by Gasteiger charge is 2.29. The molecule has 0 bridgehead atoms. The number of rotatable bonds is 10. The van der Waals surface area contributed by atoms with Crippen LogP contribution in [0.25, 0.3) is 0 Å². The monoisotopic (exact) mass is 541 g/mol. The predicted molar refractivity (Wildman–Crippen MR) is 148 cm³/mol. The minimum absolute atomic E-state index is 0.0965. The van der Waals surface area contributed by atoms with E-state index in [0.29, 0.717) is 36.9 Å². The van der Waals surface area contributed by atoms with E-state index in [-0.39, 0.29) is 4.90 Å². The molecule has 1 N–H and O–H groups in total. The molecule has 1 saturated heterocycles. The quantitative estimate of drug-likeness (QED) is 0.379. The zero-order valence-corrected chi connectivity index (χ0v) is 22.6. The van der Waals surface area contributed by atoms with Gasteiger partial charge in [-0.05, 0) is 73.8 Å². The highest BCUT2D eigenvalue weighted by Crippen LogP contribution is 2.33. The number of anilines is 3. The molecule has 0 spiro atoms. The SMILES string of the molecule is CCOc1ccccc1N(CC(=O)Nc1ccc(N2CCOCC2)cc1)S(=O)(=O)c1ccc(SC)cc1. The van der Waals surface area contributed by atoms with E-state index in [0.717, 1.165) is 28.0 Å². The summed E-state index contributed by atoms with van der Waals surface area (Å²) in [4.78, 5) is 16.4. The maximum Gasteiger partial charge on any atom is 0.264 e. The van der Waals surface area contributed by atoms with Gasteiger partial charge in [-0.2, -0.15) is 0 Å². The molecular formula is C27H31N3O5S2. The Bertz CT molecular complexity index is 1290. The van der Waals surface area contributed by atoms with Gasteiger partial charge >= 0.3 is 0 Å². The third kappa shape index (κ3) is 6.57. The molecule has 37 heavy (non-hydrogen) atoms. The molecule has 1 amide bonds. The Kier molecular flexibility index (Phi) is 8.96. The van der Waals surface area contributed by atoms with E-state index in [2.05, 4.69) is 10.2 Å². The third-order valence-corrected chi connectivity index (χ3v) is 8.41. The van der Waals surface area contributed by atoms with Crippen LogP contribution >= 0.6 is 11.8 Å². The van der Waals surface area contributed by atoms with Crippen LogP contribution in [0.3, 0.4) is 0 Å². The normalized spacial score (nSPS) is 13.7. The van der Waals surface area contributed by atoms with Crippen LogP contribution < -0.4 is 19.3 Å². The maximum atomic E-state index is 13.8. The Balaban J connectivity index is 1.58. The molecule has 4 rings (SSSR count). The molecule has 0 radical (unpaired) electrons. The molecule has 196 valence electrons. The van der Waals surface area contributed by atoms with Gasteiger partial charge in [-0.3, -0.25) is 9.10 Å². The lowest BCUT2D eigenvalue weighted by Gasteiger charge is -2.29. The van der Waals surface area contributed by atoms with Crippen molar-refractivity contribution >= 4 is 44.8 Å². The van der Waals surface area contributed by atoms with Crippen molar-refractivity contribution in [3.8, 4) is 5.75 Å². The number of nitrogens with zero attached hydrogens (tertiary/aromatic N) is 2. The molecule has 0 aromatic heterocycles. The summed E-state index contributed by atoms with van der Waals surface area (Å²) in [5, 5.41) is 2.83. The number of benzene rings is 3. The Morgan fingerprint density at radius 3 is 2.35 bits per heavy atom. The lowest BCUT2D eigenvalue weighted by atomic mass is 10.2. The Hall–Kier alpha value is -3.21. The average molecular weight is 542 g/mol. The highest BCUT2D eigenvalue weighted by molar-refractivity contribution is 7.98.